The predicted molar refractivity (Wildman–Crippen MR) is 70.2 cm³/mol. The zero-order valence-corrected chi connectivity index (χ0v) is 11.2. The second-order valence-electron chi connectivity index (χ2n) is 4.91. The molecule has 6 nitrogen and oxygen atoms in total. The zero-order chi connectivity index (χ0) is 13.8. The summed E-state index contributed by atoms with van der Waals surface area (Å²) in [6.07, 6.45) is 4.32. The van der Waals surface area contributed by atoms with Gasteiger partial charge in [-0.3, -0.25) is 9.59 Å². The monoisotopic (exact) mass is 267 g/mol. The molecular weight excluding hydrogens is 246 g/mol. The fourth-order valence-corrected chi connectivity index (χ4v) is 2.50. The van der Waals surface area contributed by atoms with Crippen LogP contribution in [0.2, 0.25) is 0 Å². The van der Waals surface area contributed by atoms with Gasteiger partial charge >= 0.3 is 0 Å². The highest BCUT2D eigenvalue weighted by molar-refractivity contribution is 5.89. The molecule has 2 aliphatic rings. The molecule has 1 saturated heterocycles. The number of nitrogens with two attached hydrogens (primary N) is 1. The molecule has 0 aromatic heterocycles. The van der Waals surface area contributed by atoms with Crippen LogP contribution in [0, 0.1) is 5.92 Å². The summed E-state index contributed by atoms with van der Waals surface area (Å²) in [4.78, 5) is 26.0. The predicted octanol–water partition coefficient (Wildman–Crippen LogP) is -0.747. The molecule has 0 aromatic carbocycles. The average Bonchev–Trinajstić information content (AvgIpc) is 2.85. The Bertz CT molecular complexity index is 383. The SMILES string of the molecule is CCNC(=O)C1COCCN1C(=O)C1C=CC(N)C1. The Morgan fingerprint density at radius 2 is 2.26 bits per heavy atom. The minimum absolute atomic E-state index is 0.0243. The topological polar surface area (TPSA) is 84.7 Å². The van der Waals surface area contributed by atoms with Crippen LogP contribution in [0.15, 0.2) is 12.2 Å². The lowest BCUT2D eigenvalue weighted by Crippen LogP contribution is -2.57. The lowest BCUT2D eigenvalue weighted by atomic mass is 10.0. The van der Waals surface area contributed by atoms with Gasteiger partial charge in [0.05, 0.1) is 19.1 Å². The van der Waals surface area contributed by atoms with E-state index in [2.05, 4.69) is 5.32 Å². The van der Waals surface area contributed by atoms with Crippen LogP contribution >= 0.6 is 0 Å². The highest BCUT2D eigenvalue weighted by Crippen LogP contribution is 2.21. The molecule has 2 rings (SSSR count). The number of morpholine rings is 1. The number of carbonyl (C=O) groups is 2. The highest BCUT2D eigenvalue weighted by atomic mass is 16.5. The third-order valence-corrected chi connectivity index (χ3v) is 3.50. The van der Waals surface area contributed by atoms with Gasteiger partial charge in [-0.05, 0) is 13.3 Å². The number of hydrogen-bond donors (Lipinski definition) is 2. The van der Waals surface area contributed by atoms with E-state index in [1.54, 1.807) is 4.90 Å². The maximum absolute atomic E-state index is 12.4. The number of hydrogen-bond acceptors (Lipinski definition) is 4. The van der Waals surface area contributed by atoms with Gasteiger partial charge in [0.25, 0.3) is 0 Å². The van der Waals surface area contributed by atoms with Crippen molar-refractivity contribution >= 4 is 11.8 Å². The molecule has 0 spiro atoms. The molecule has 2 amide bonds. The zero-order valence-electron chi connectivity index (χ0n) is 11.2. The number of nitrogens with one attached hydrogen (secondary N) is 1. The third kappa shape index (κ3) is 3.13. The fourth-order valence-electron chi connectivity index (χ4n) is 2.50. The van der Waals surface area contributed by atoms with Crippen LogP contribution in [0.25, 0.3) is 0 Å². The second kappa shape index (κ2) is 6.16. The van der Waals surface area contributed by atoms with E-state index in [1.807, 2.05) is 19.1 Å². The first-order chi connectivity index (χ1) is 9.13. The fraction of sp³-hybridized carbons (Fsp3) is 0.692. The Kier molecular flexibility index (Phi) is 4.55. The summed E-state index contributed by atoms with van der Waals surface area (Å²) in [6, 6.07) is -0.579. The van der Waals surface area contributed by atoms with Crippen LogP contribution in [0.4, 0.5) is 0 Å². The third-order valence-electron chi connectivity index (χ3n) is 3.50. The minimum Gasteiger partial charge on any atom is -0.377 e. The van der Waals surface area contributed by atoms with Crippen molar-refractivity contribution in [3.8, 4) is 0 Å². The Labute approximate surface area is 113 Å². The van der Waals surface area contributed by atoms with E-state index in [-0.39, 0.29) is 30.4 Å². The van der Waals surface area contributed by atoms with Crippen molar-refractivity contribution in [1.29, 1.82) is 0 Å². The molecule has 1 fully saturated rings. The van der Waals surface area contributed by atoms with Crippen molar-refractivity contribution in [2.24, 2.45) is 11.7 Å². The van der Waals surface area contributed by atoms with Crippen molar-refractivity contribution in [3.05, 3.63) is 12.2 Å². The van der Waals surface area contributed by atoms with E-state index in [0.29, 0.717) is 26.1 Å². The highest BCUT2D eigenvalue weighted by Gasteiger charge is 2.36. The van der Waals surface area contributed by atoms with Crippen molar-refractivity contribution in [1.82, 2.24) is 10.2 Å². The van der Waals surface area contributed by atoms with Crippen LogP contribution in [-0.2, 0) is 14.3 Å². The van der Waals surface area contributed by atoms with Gasteiger partial charge in [-0.1, -0.05) is 12.2 Å². The lowest BCUT2D eigenvalue weighted by Gasteiger charge is -2.35. The van der Waals surface area contributed by atoms with E-state index in [9.17, 15) is 9.59 Å². The van der Waals surface area contributed by atoms with E-state index in [1.165, 1.54) is 0 Å². The molecule has 3 N–H and O–H groups in total. The van der Waals surface area contributed by atoms with E-state index in [0.717, 1.165) is 0 Å². The molecule has 106 valence electrons. The molecule has 6 heteroatoms. The van der Waals surface area contributed by atoms with E-state index in [4.69, 9.17) is 10.5 Å². The van der Waals surface area contributed by atoms with Crippen molar-refractivity contribution in [3.63, 3.8) is 0 Å². The quantitative estimate of drug-likeness (QED) is 0.659. The van der Waals surface area contributed by atoms with Gasteiger partial charge in [-0.25, -0.2) is 0 Å². The van der Waals surface area contributed by atoms with Gasteiger partial charge in [0.2, 0.25) is 11.8 Å². The maximum atomic E-state index is 12.4. The summed E-state index contributed by atoms with van der Waals surface area (Å²) in [6.45, 7) is 3.60. The first-order valence-corrected chi connectivity index (χ1v) is 6.73. The molecule has 1 aliphatic carbocycles. The van der Waals surface area contributed by atoms with Crippen LogP contribution in [0.5, 0.6) is 0 Å². The molecule has 0 radical (unpaired) electrons. The molecule has 3 atom stereocenters. The van der Waals surface area contributed by atoms with Crippen molar-refractivity contribution in [2.45, 2.75) is 25.4 Å². The molecule has 0 bridgehead atoms. The standard InChI is InChI=1S/C13H21N3O3/c1-2-15-12(17)11-8-19-6-5-16(11)13(18)9-3-4-10(14)7-9/h3-4,9-11H,2,5-8,14H2,1H3,(H,15,17). The van der Waals surface area contributed by atoms with E-state index < -0.39 is 6.04 Å². The maximum Gasteiger partial charge on any atom is 0.245 e. The smallest absolute Gasteiger partial charge is 0.245 e. The van der Waals surface area contributed by atoms with Gasteiger partial charge < -0.3 is 20.7 Å². The number of likely N-dealkylation sites (N-methyl/N-ethyl adjacent to an activating group) is 1. The number of amides is 2. The van der Waals surface area contributed by atoms with Crippen LogP contribution < -0.4 is 11.1 Å². The van der Waals surface area contributed by atoms with Crippen molar-refractivity contribution < 1.29 is 14.3 Å². The molecule has 1 aliphatic heterocycles. The minimum atomic E-state index is -0.522. The Balaban J connectivity index is 2.04. The largest absolute Gasteiger partial charge is 0.377 e. The summed E-state index contributed by atoms with van der Waals surface area (Å²) in [5.41, 5.74) is 5.77. The molecule has 1 heterocycles. The van der Waals surface area contributed by atoms with Gasteiger partial charge in [0.1, 0.15) is 6.04 Å². The van der Waals surface area contributed by atoms with Crippen LogP contribution in [-0.4, -0.2) is 55.1 Å². The Hall–Kier alpha value is -1.40. The molecule has 19 heavy (non-hydrogen) atoms. The normalized spacial score (nSPS) is 30.4. The molecule has 3 unspecified atom stereocenters. The number of ether oxygens (including phenoxy) is 1. The molecule has 0 aromatic rings. The van der Waals surface area contributed by atoms with Gasteiger partial charge in [-0.2, -0.15) is 0 Å². The number of rotatable bonds is 3. The van der Waals surface area contributed by atoms with Gasteiger partial charge in [-0.15, -0.1) is 0 Å². The average molecular weight is 267 g/mol. The van der Waals surface area contributed by atoms with Gasteiger partial charge in [0, 0.05) is 19.1 Å². The molecule has 0 saturated carbocycles. The Morgan fingerprint density at radius 3 is 2.89 bits per heavy atom. The second-order valence-corrected chi connectivity index (χ2v) is 4.91. The number of nitrogens with zero attached hydrogens (tertiary/aromatic N) is 1. The number of carbonyl (C=O) groups excluding carboxylic acids is 2. The van der Waals surface area contributed by atoms with Crippen LogP contribution in [0.3, 0.4) is 0 Å². The summed E-state index contributed by atoms with van der Waals surface area (Å²) in [5.74, 6) is -0.379. The lowest BCUT2D eigenvalue weighted by molar-refractivity contribution is -0.150. The molecular formula is C13H21N3O3. The Morgan fingerprint density at radius 1 is 1.47 bits per heavy atom. The van der Waals surface area contributed by atoms with Gasteiger partial charge in [0.15, 0.2) is 0 Å². The van der Waals surface area contributed by atoms with E-state index >= 15 is 0 Å². The van der Waals surface area contributed by atoms with Crippen molar-refractivity contribution in [2.75, 3.05) is 26.3 Å². The van der Waals surface area contributed by atoms with Crippen LogP contribution in [0.1, 0.15) is 13.3 Å². The summed E-state index contributed by atoms with van der Waals surface area (Å²) in [7, 11) is 0. The summed E-state index contributed by atoms with van der Waals surface area (Å²) in [5, 5.41) is 2.74. The summed E-state index contributed by atoms with van der Waals surface area (Å²) >= 11 is 0. The first-order valence-electron chi connectivity index (χ1n) is 6.73. The summed E-state index contributed by atoms with van der Waals surface area (Å²) < 4.78 is 5.32. The first kappa shape index (κ1) is 14.0.